The second-order valence-corrected chi connectivity index (χ2v) is 5.29. The van der Waals surface area contributed by atoms with E-state index in [2.05, 4.69) is 10.3 Å². The number of nitrogens with zero attached hydrogens (tertiary/aromatic N) is 1. The standard InChI is InChI=1S/C14H14N2O4S/c1-20-8-11(17)15-14-16-13(9-5-3-2-4-6-9)10(21-14)7-12(18)19/h2-6H,7-8H2,1H3,(H,18,19)(H,15,16,17). The molecule has 0 radical (unpaired) electrons. The normalized spacial score (nSPS) is 10.3. The fourth-order valence-electron chi connectivity index (χ4n) is 1.77. The molecule has 1 amide bonds. The highest BCUT2D eigenvalue weighted by molar-refractivity contribution is 7.16. The van der Waals surface area contributed by atoms with Crippen LogP contribution in [-0.4, -0.2) is 35.7 Å². The lowest BCUT2D eigenvalue weighted by molar-refractivity contribution is -0.136. The fraction of sp³-hybridized carbons (Fsp3) is 0.214. The van der Waals surface area contributed by atoms with Crippen LogP contribution in [-0.2, 0) is 20.7 Å². The van der Waals surface area contributed by atoms with Crippen LogP contribution >= 0.6 is 11.3 Å². The van der Waals surface area contributed by atoms with Crippen molar-refractivity contribution in [3.05, 3.63) is 35.2 Å². The number of hydrogen-bond acceptors (Lipinski definition) is 5. The van der Waals surface area contributed by atoms with Crippen molar-refractivity contribution in [1.29, 1.82) is 0 Å². The van der Waals surface area contributed by atoms with Gasteiger partial charge in [-0.25, -0.2) is 4.98 Å². The Kier molecular flexibility index (Phi) is 5.02. The molecule has 2 rings (SSSR count). The van der Waals surface area contributed by atoms with Gasteiger partial charge in [-0.1, -0.05) is 30.3 Å². The van der Waals surface area contributed by atoms with E-state index in [-0.39, 0.29) is 18.9 Å². The summed E-state index contributed by atoms with van der Waals surface area (Å²) in [5.41, 5.74) is 1.40. The number of nitrogens with one attached hydrogen (secondary N) is 1. The first-order chi connectivity index (χ1) is 10.1. The highest BCUT2D eigenvalue weighted by Crippen LogP contribution is 2.31. The third-order valence-electron chi connectivity index (χ3n) is 2.58. The molecule has 2 aromatic rings. The molecule has 7 heteroatoms. The summed E-state index contributed by atoms with van der Waals surface area (Å²) in [7, 11) is 1.42. The molecule has 0 saturated heterocycles. The molecule has 1 aromatic carbocycles. The van der Waals surface area contributed by atoms with Gasteiger partial charge in [0.2, 0.25) is 0 Å². The van der Waals surface area contributed by atoms with Gasteiger partial charge in [0.25, 0.3) is 5.91 Å². The summed E-state index contributed by atoms with van der Waals surface area (Å²) in [5.74, 6) is -1.27. The number of benzene rings is 1. The Morgan fingerprint density at radius 3 is 2.67 bits per heavy atom. The number of hydrogen-bond donors (Lipinski definition) is 2. The van der Waals surface area contributed by atoms with Gasteiger partial charge >= 0.3 is 5.97 Å². The smallest absolute Gasteiger partial charge is 0.308 e. The third-order valence-corrected chi connectivity index (χ3v) is 3.55. The molecule has 2 N–H and O–H groups in total. The number of rotatable bonds is 6. The number of carboxylic acids is 1. The van der Waals surface area contributed by atoms with Gasteiger partial charge in [-0.05, 0) is 0 Å². The van der Waals surface area contributed by atoms with Crippen LogP contribution in [0.1, 0.15) is 4.88 Å². The highest BCUT2D eigenvalue weighted by Gasteiger charge is 2.16. The molecule has 1 aromatic heterocycles. The van der Waals surface area contributed by atoms with Gasteiger partial charge in [-0.15, -0.1) is 11.3 Å². The van der Waals surface area contributed by atoms with Crippen LogP contribution in [0, 0.1) is 0 Å². The SMILES string of the molecule is COCC(=O)Nc1nc(-c2ccccc2)c(CC(=O)O)s1. The van der Waals surface area contributed by atoms with Gasteiger partial charge in [0.05, 0.1) is 12.1 Å². The van der Waals surface area contributed by atoms with E-state index in [1.54, 1.807) is 0 Å². The van der Waals surface area contributed by atoms with Gasteiger partial charge in [-0.2, -0.15) is 0 Å². The lowest BCUT2D eigenvalue weighted by Crippen LogP contribution is -2.16. The second kappa shape index (κ2) is 6.96. The van der Waals surface area contributed by atoms with Crippen LogP contribution in [0.2, 0.25) is 0 Å². The zero-order valence-electron chi connectivity index (χ0n) is 11.3. The summed E-state index contributed by atoms with van der Waals surface area (Å²) in [6, 6.07) is 9.27. The van der Waals surface area contributed by atoms with Crippen LogP contribution in [0.4, 0.5) is 5.13 Å². The van der Waals surface area contributed by atoms with Crippen LogP contribution in [0.15, 0.2) is 30.3 Å². The molecule has 0 aliphatic heterocycles. The molecule has 0 atom stereocenters. The summed E-state index contributed by atoms with van der Waals surface area (Å²) >= 11 is 1.16. The van der Waals surface area contributed by atoms with E-state index in [0.29, 0.717) is 15.7 Å². The second-order valence-electron chi connectivity index (χ2n) is 4.21. The van der Waals surface area contributed by atoms with Crippen LogP contribution < -0.4 is 5.32 Å². The molecule has 0 fully saturated rings. The van der Waals surface area contributed by atoms with E-state index in [4.69, 9.17) is 9.84 Å². The first-order valence-electron chi connectivity index (χ1n) is 6.16. The van der Waals surface area contributed by atoms with Crippen molar-refractivity contribution in [3.8, 4) is 11.3 Å². The summed E-state index contributed by atoms with van der Waals surface area (Å²) < 4.78 is 4.73. The Balaban J connectivity index is 2.31. The molecule has 0 unspecified atom stereocenters. The number of amides is 1. The Morgan fingerprint density at radius 2 is 2.05 bits per heavy atom. The molecule has 21 heavy (non-hydrogen) atoms. The number of methoxy groups -OCH3 is 1. The van der Waals surface area contributed by atoms with Gasteiger partial charge in [-0.3, -0.25) is 14.9 Å². The van der Waals surface area contributed by atoms with Crippen molar-refractivity contribution in [1.82, 2.24) is 4.98 Å². The molecular formula is C14H14N2O4S. The van der Waals surface area contributed by atoms with Crippen molar-refractivity contribution < 1.29 is 19.4 Å². The zero-order valence-corrected chi connectivity index (χ0v) is 12.1. The van der Waals surface area contributed by atoms with Gasteiger partial charge in [0.1, 0.15) is 6.61 Å². The lowest BCUT2D eigenvalue weighted by atomic mass is 10.1. The van der Waals surface area contributed by atoms with Crippen LogP contribution in [0.3, 0.4) is 0 Å². The maximum absolute atomic E-state index is 11.5. The minimum atomic E-state index is -0.939. The minimum absolute atomic E-state index is 0.0749. The number of aromatic nitrogens is 1. The highest BCUT2D eigenvalue weighted by atomic mass is 32.1. The molecule has 6 nitrogen and oxygen atoms in total. The summed E-state index contributed by atoms with van der Waals surface area (Å²) in [4.78, 5) is 27.4. The van der Waals surface area contributed by atoms with Crippen molar-refractivity contribution in [2.75, 3.05) is 19.0 Å². The first-order valence-corrected chi connectivity index (χ1v) is 6.97. The van der Waals surface area contributed by atoms with E-state index in [0.717, 1.165) is 16.9 Å². The zero-order chi connectivity index (χ0) is 15.2. The minimum Gasteiger partial charge on any atom is -0.481 e. The monoisotopic (exact) mass is 306 g/mol. The predicted octanol–water partition coefficient (Wildman–Crippen LogP) is 2.02. The van der Waals surface area contributed by atoms with E-state index in [1.165, 1.54) is 7.11 Å². The number of carbonyl (C=O) groups excluding carboxylic acids is 1. The van der Waals surface area contributed by atoms with Gasteiger partial charge < -0.3 is 9.84 Å². The Hall–Kier alpha value is -2.25. The van der Waals surface area contributed by atoms with E-state index >= 15 is 0 Å². The van der Waals surface area contributed by atoms with Crippen LogP contribution in [0.5, 0.6) is 0 Å². The third kappa shape index (κ3) is 4.11. The number of carbonyl (C=O) groups is 2. The Morgan fingerprint density at radius 1 is 1.33 bits per heavy atom. The topological polar surface area (TPSA) is 88.5 Å². The molecule has 0 aliphatic carbocycles. The van der Waals surface area contributed by atoms with Crippen molar-refractivity contribution in [2.24, 2.45) is 0 Å². The molecule has 0 bridgehead atoms. The number of anilines is 1. The maximum atomic E-state index is 11.5. The lowest BCUT2D eigenvalue weighted by Gasteiger charge is -1.99. The van der Waals surface area contributed by atoms with Crippen molar-refractivity contribution in [3.63, 3.8) is 0 Å². The Bertz CT molecular complexity index is 640. The Labute approximate surface area is 125 Å². The van der Waals surface area contributed by atoms with Gasteiger partial charge in [0, 0.05) is 17.6 Å². The predicted molar refractivity (Wildman–Crippen MR) is 79.4 cm³/mol. The fourth-order valence-corrected chi connectivity index (χ4v) is 2.76. The van der Waals surface area contributed by atoms with E-state index in [1.807, 2.05) is 30.3 Å². The molecule has 0 saturated carbocycles. The average Bonchev–Trinajstić information content (AvgIpc) is 2.81. The first kappa shape index (κ1) is 15.1. The number of ether oxygens (including phenoxy) is 1. The van der Waals surface area contributed by atoms with Crippen molar-refractivity contribution in [2.45, 2.75) is 6.42 Å². The average molecular weight is 306 g/mol. The number of thiazole rings is 1. The molecule has 0 aliphatic rings. The summed E-state index contributed by atoms with van der Waals surface area (Å²) in [6.07, 6.45) is -0.137. The van der Waals surface area contributed by atoms with Crippen molar-refractivity contribution >= 4 is 28.3 Å². The molecule has 0 spiro atoms. The quantitative estimate of drug-likeness (QED) is 0.852. The molecule has 1 heterocycles. The number of aliphatic carboxylic acids is 1. The molecule has 110 valence electrons. The summed E-state index contributed by atoms with van der Waals surface area (Å²) in [5, 5.41) is 12.0. The maximum Gasteiger partial charge on any atom is 0.308 e. The van der Waals surface area contributed by atoms with E-state index in [9.17, 15) is 9.59 Å². The van der Waals surface area contributed by atoms with Gasteiger partial charge in [0.15, 0.2) is 5.13 Å². The molecular weight excluding hydrogens is 292 g/mol. The van der Waals surface area contributed by atoms with E-state index < -0.39 is 5.97 Å². The van der Waals surface area contributed by atoms with Crippen LogP contribution in [0.25, 0.3) is 11.3 Å². The largest absolute Gasteiger partial charge is 0.481 e. The number of carboxylic acid groups (broad SMARTS) is 1. The summed E-state index contributed by atoms with van der Waals surface area (Å²) in [6.45, 7) is -0.0749.